The first-order chi connectivity index (χ1) is 37.2. The number of phosphoric acid groups is 1. The summed E-state index contributed by atoms with van der Waals surface area (Å²) in [6, 6.07) is 15.2. The fourth-order valence-corrected chi connectivity index (χ4v) is 10.9. The van der Waals surface area contributed by atoms with E-state index in [1.54, 1.807) is 0 Å². The van der Waals surface area contributed by atoms with Gasteiger partial charge in [0.05, 0.1) is 56.1 Å². The van der Waals surface area contributed by atoms with Crippen LogP contribution in [0.5, 0.6) is 0 Å². The molecule has 0 spiro atoms. The lowest BCUT2D eigenvalue weighted by molar-refractivity contribution is -0.0802. The molecule has 2 aliphatic heterocycles. The monoisotopic (exact) mass is 1090 g/mol. The number of hydrogen-bond donors (Lipinski definition) is 6. The van der Waals surface area contributed by atoms with Gasteiger partial charge in [-0.05, 0) is 54.4 Å². The molecule has 7 rings (SSSR count). The average Bonchev–Trinajstić information content (AvgIpc) is 4.21. The molecule has 6 heterocycles. The second kappa shape index (κ2) is 27.7. The number of nitrogens with two attached hydrogens (primary N) is 2. The van der Waals surface area contributed by atoms with Crippen molar-refractivity contribution in [1.82, 2.24) is 29.2 Å². The zero-order valence-electron chi connectivity index (χ0n) is 43.1. The fourth-order valence-electron chi connectivity index (χ4n) is 9.66. The summed E-state index contributed by atoms with van der Waals surface area (Å²) in [5.41, 5.74) is 8.36. The van der Waals surface area contributed by atoms with Gasteiger partial charge < -0.3 is 50.8 Å². The summed E-state index contributed by atoms with van der Waals surface area (Å²) in [6.45, 7) is -0.0725. The van der Waals surface area contributed by atoms with Gasteiger partial charge in [-0.1, -0.05) is 96.8 Å². The second-order valence-corrected chi connectivity index (χ2v) is 21.1. The highest BCUT2D eigenvalue weighted by atomic mass is 31.2. The average molecular weight is 1090 g/mol. The van der Waals surface area contributed by atoms with Gasteiger partial charge in [0.15, 0.2) is 11.6 Å². The molecule has 5 aromatic rings. The summed E-state index contributed by atoms with van der Waals surface area (Å²) in [5.74, 6) is -0.557. The van der Waals surface area contributed by atoms with Crippen molar-refractivity contribution in [3.8, 4) is 18.2 Å². The van der Waals surface area contributed by atoms with Crippen molar-refractivity contribution >= 4 is 30.5 Å². The minimum atomic E-state index is -5.01. The molecule has 0 unspecified atom stereocenters. The quantitative estimate of drug-likeness (QED) is 0.0214. The van der Waals surface area contributed by atoms with Crippen molar-refractivity contribution in [2.45, 2.75) is 164 Å². The van der Waals surface area contributed by atoms with Crippen LogP contribution in [0, 0.1) is 39.8 Å². The van der Waals surface area contributed by atoms with E-state index in [-0.39, 0.29) is 52.8 Å². The van der Waals surface area contributed by atoms with Crippen molar-refractivity contribution in [3.05, 3.63) is 83.5 Å². The third-order valence-electron chi connectivity index (χ3n) is 14.0. The minimum absolute atomic E-state index is 0.0184. The van der Waals surface area contributed by atoms with Crippen molar-refractivity contribution in [3.63, 3.8) is 0 Å². The van der Waals surface area contributed by atoms with E-state index < -0.39 is 87.4 Å². The number of ether oxygens (including phenoxy) is 4. The van der Waals surface area contributed by atoms with Crippen LogP contribution in [0.1, 0.15) is 126 Å². The van der Waals surface area contributed by atoms with E-state index in [9.17, 15) is 45.2 Å². The van der Waals surface area contributed by atoms with E-state index >= 15 is 0 Å². The topological polar surface area (TPSA) is 346 Å². The summed E-state index contributed by atoms with van der Waals surface area (Å²) >= 11 is 0. The number of fused-ring (bicyclic) bond motifs is 2. The first-order valence-electron chi connectivity index (χ1n) is 26.2. The van der Waals surface area contributed by atoms with Crippen molar-refractivity contribution in [2.75, 3.05) is 44.5 Å². The van der Waals surface area contributed by atoms with E-state index in [1.807, 2.05) is 18.2 Å². The lowest BCUT2D eigenvalue weighted by Gasteiger charge is -2.26. The summed E-state index contributed by atoms with van der Waals surface area (Å²) in [7, 11) is -5.01. The van der Waals surface area contributed by atoms with Crippen molar-refractivity contribution in [1.29, 1.82) is 15.8 Å². The van der Waals surface area contributed by atoms with E-state index in [0.29, 0.717) is 12.2 Å². The second-order valence-electron chi connectivity index (χ2n) is 19.5. The molecule has 9 atom stereocenters. The summed E-state index contributed by atoms with van der Waals surface area (Å²) in [6.07, 6.45) is 8.43. The SMILES string of the molecule is CCCCCCCCCCCCCCCCCOC[C@H](COP(=O)(OC[C@H]1O[C@@](C#N)(c2ccc3c(N)ncnn23)[C@H](O)[C@@H]1O)OC[C@H]1O[C@@](C#N)(c2ccc3c(N)ncnn23)[C@H](O)[C@@H]1O)OCc1cc(F)cc(C#N)c1. The van der Waals surface area contributed by atoms with Crippen LogP contribution in [0.15, 0.2) is 55.1 Å². The molecular weight excluding hydrogens is 1020 g/mol. The van der Waals surface area contributed by atoms with Gasteiger partial charge in [0.25, 0.3) is 0 Å². The maximum atomic E-state index is 14.9. The number of anilines is 2. The number of rotatable bonds is 32. The number of aromatic nitrogens is 6. The third kappa shape index (κ3) is 14.1. The number of nitriles is 3. The molecule has 1 aromatic carbocycles. The smallest absolute Gasteiger partial charge is 0.387 e. The Hall–Kier alpha value is -5.75. The van der Waals surface area contributed by atoms with Crippen LogP contribution in [0.25, 0.3) is 11.0 Å². The number of halogens is 1. The van der Waals surface area contributed by atoms with E-state index in [4.69, 9.17) is 44.0 Å². The Morgan fingerprint density at radius 2 is 1.18 bits per heavy atom. The van der Waals surface area contributed by atoms with E-state index in [1.165, 1.54) is 116 Å². The number of unbranched alkanes of at least 4 members (excludes halogenated alkanes) is 14. The largest absolute Gasteiger partial charge is 0.475 e. The van der Waals surface area contributed by atoms with Crippen LogP contribution < -0.4 is 11.5 Å². The number of benzene rings is 1. The molecule has 0 bridgehead atoms. The molecule has 23 nitrogen and oxygen atoms in total. The number of nitrogen functional groups attached to an aromatic ring is 2. The van der Waals surface area contributed by atoms with Crippen LogP contribution in [0.3, 0.4) is 0 Å². The normalized spacial score (nSPS) is 23.8. The lowest BCUT2D eigenvalue weighted by atomic mass is 9.92. The van der Waals surface area contributed by atoms with Crippen LogP contribution in [-0.4, -0.2) is 125 Å². The molecule has 2 aliphatic rings. The van der Waals surface area contributed by atoms with E-state index in [2.05, 4.69) is 27.1 Å². The number of aliphatic hydroxyl groups excluding tert-OH is 4. The Bertz CT molecular complexity index is 2760. The molecule has 2 fully saturated rings. The lowest BCUT2D eigenvalue weighted by Crippen LogP contribution is -2.41. The van der Waals surface area contributed by atoms with Crippen molar-refractivity contribution in [2.24, 2.45) is 0 Å². The van der Waals surface area contributed by atoms with Crippen molar-refractivity contribution < 1.29 is 61.9 Å². The first kappa shape index (κ1) is 58.9. The number of hydrogen-bond acceptors (Lipinski definition) is 21. The summed E-state index contributed by atoms with van der Waals surface area (Å²) < 4.78 is 73.6. The highest BCUT2D eigenvalue weighted by Crippen LogP contribution is 2.52. The standard InChI is InChI=1S/C52H69FN11O12P/c1-2-3-4-5-6-7-8-9-10-11-12-13-14-15-16-21-70-27-38(71-26-36-22-35(25-54)23-37(53)24-36)28-72-77(69,73-29-41-45(65)47(67)51(31-55,75-41)43-19-17-39-49(57)59-33-61-63(39)43)74-30-42-46(66)48(68)52(32-56,76-42)44-20-18-40-50(58)60-34-62-64(40)44/h17-20,22-24,33-34,38,41-42,45-48,65-68H,2-16,21,26-30H2,1H3,(H2,57,59,61)(H2,58,60,62)/t38-,41-,42-,45-,46-,47-,48-,51+,52+/m1/s1. The number of aliphatic hydroxyl groups is 4. The van der Waals surface area contributed by atoms with Crippen LogP contribution in [0.4, 0.5) is 16.0 Å². The van der Waals surface area contributed by atoms with Gasteiger partial charge >= 0.3 is 7.82 Å². The predicted molar refractivity (Wildman–Crippen MR) is 274 cm³/mol. The van der Waals surface area contributed by atoms with Gasteiger partial charge in [-0.25, -0.2) is 28.0 Å². The van der Waals surface area contributed by atoms with Crippen LogP contribution >= 0.6 is 7.82 Å². The highest BCUT2D eigenvalue weighted by Gasteiger charge is 2.59. The van der Waals surface area contributed by atoms with Gasteiger partial charge in [-0.15, -0.1) is 0 Å². The molecule has 4 aromatic heterocycles. The van der Waals surface area contributed by atoms with Gasteiger partial charge in [-0.3, -0.25) is 13.6 Å². The van der Waals surface area contributed by atoms with Crippen LogP contribution in [-0.2, 0) is 54.9 Å². The molecule has 2 saturated heterocycles. The fraction of sp³-hybridized carbons (Fsp3) is 0.596. The Morgan fingerprint density at radius 1 is 0.701 bits per heavy atom. The number of nitrogens with zero attached hydrogens (tertiary/aromatic N) is 9. The minimum Gasteiger partial charge on any atom is -0.387 e. The van der Waals surface area contributed by atoms with Gasteiger partial charge in [0.2, 0.25) is 11.2 Å². The predicted octanol–water partition coefficient (Wildman–Crippen LogP) is 5.96. The maximum absolute atomic E-state index is 14.9. The summed E-state index contributed by atoms with van der Waals surface area (Å²) in [5, 5.41) is 84.3. The molecule has 0 saturated carbocycles. The molecule has 0 amide bonds. The maximum Gasteiger partial charge on any atom is 0.475 e. The molecule has 416 valence electrons. The Labute approximate surface area is 446 Å². The van der Waals surface area contributed by atoms with Gasteiger partial charge in [0, 0.05) is 6.61 Å². The molecule has 25 heteroatoms. The van der Waals surface area contributed by atoms with E-state index in [0.717, 1.165) is 44.4 Å². The highest BCUT2D eigenvalue weighted by molar-refractivity contribution is 7.48. The molecular formula is C52H69FN11O12P. The van der Waals surface area contributed by atoms with Gasteiger partial charge in [0.1, 0.15) is 84.4 Å². The third-order valence-corrected chi connectivity index (χ3v) is 15.3. The Kier molecular flexibility index (Phi) is 21.2. The Balaban J connectivity index is 1.03. The Morgan fingerprint density at radius 3 is 1.65 bits per heavy atom. The molecule has 8 N–H and O–H groups in total. The molecule has 0 radical (unpaired) electrons. The zero-order valence-corrected chi connectivity index (χ0v) is 44.0. The molecule has 77 heavy (non-hydrogen) atoms. The van der Waals surface area contributed by atoms with Crippen LogP contribution in [0.2, 0.25) is 0 Å². The summed E-state index contributed by atoms with van der Waals surface area (Å²) in [4.78, 5) is 7.88. The number of phosphoric ester groups is 1. The first-order valence-corrected chi connectivity index (χ1v) is 27.7. The zero-order chi connectivity index (χ0) is 55.0. The molecule has 0 aliphatic carbocycles. The van der Waals surface area contributed by atoms with Gasteiger partial charge in [-0.2, -0.15) is 26.0 Å².